The van der Waals surface area contributed by atoms with Gasteiger partial charge in [-0.15, -0.1) is 0 Å². The highest BCUT2D eigenvalue weighted by molar-refractivity contribution is 4.83. The summed E-state index contributed by atoms with van der Waals surface area (Å²) in [6, 6.07) is 0.782. The lowest BCUT2D eigenvalue weighted by atomic mass is 9.84. The van der Waals surface area contributed by atoms with Crippen LogP contribution in [0.5, 0.6) is 0 Å². The highest BCUT2D eigenvalue weighted by Crippen LogP contribution is 2.25. The molecule has 2 rings (SSSR count). The van der Waals surface area contributed by atoms with Crippen LogP contribution in [0, 0.1) is 5.92 Å². The van der Waals surface area contributed by atoms with Crippen LogP contribution in [-0.2, 0) is 0 Å². The zero-order valence-electron chi connectivity index (χ0n) is 12.3. The number of rotatable bonds is 4. The van der Waals surface area contributed by atoms with E-state index in [4.69, 9.17) is 0 Å². The monoisotopic (exact) mass is 253 g/mol. The third-order valence-corrected chi connectivity index (χ3v) is 4.68. The molecule has 1 saturated heterocycles. The second kappa shape index (κ2) is 7.46. The van der Waals surface area contributed by atoms with Gasteiger partial charge in [0.25, 0.3) is 0 Å². The van der Waals surface area contributed by atoms with Crippen molar-refractivity contribution in [3.63, 3.8) is 0 Å². The first kappa shape index (κ1) is 14.3. The predicted molar refractivity (Wildman–Crippen MR) is 78.0 cm³/mol. The molecule has 0 aromatic carbocycles. The lowest BCUT2D eigenvalue weighted by Crippen LogP contribution is -2.44. The number of nitrogens with one attached hydrogen (secondary N) is 1. The number of likely N-dealkylation sites (N-methyl/N-ethyl adjacent to an activating group) is 1. The molecule has 0 radical (unpaired) electrons. The molecular formula is C15H31N3. The number of nitrogens with zero attached hydrogens (tertiary/aromatic N) is 2. The van der Waals surface area contributed by atoms with Crippen molar-refractivity contribution < 1.29 is 0 Å². The Morgan fingerprint density at radius 1 is 1.00 bits per heavy atom. The quantitative estimate of drug-likeness (QED) is 0.824. The largest absolute Gasteiger partial charge is 0.314 e. The minimum absolute atomic E-state index is 0.782. The molecule has 3 nitrogen and oxygen atoms in total. The molecule has 2 atom stereocenters. The summed E-state index contributed by atoms with van der Waals surface area (Å²) in [6.45, 7) is 9.80. The maximum absolute atomic E-state index is 3.71. The third kappa shape index (κ3) is 4.22. The van der Waals surface area contributed by atoms with Gasteiger partial charge in [0.05, 0.1) is 0 Å². The van der Waals surface area contributed by atoms with Gasteiger partial charge in [-0.1, -0.05) is 19.8 Å². The molecule has 2 aliphatic rings. The Bertz CT molecular complexity index is 230. The Morgan fingerprint density at radius 3 is 2.67 bits per heavy atom. The van der Waals surface area contributed by atoms with Crippen LogP contribution < -0.4 is 5.32 Å². The van der Waals surface area contributed by atoms with Gasteiger partial charge >= 0.3 is 0 Å². The minimum atomic E-state index is 0.782. The Hall–Kier alpha value is -0.120. The molecule has 106 valence electrons. The van der Waals surface area contributed by atoms with Gasteiger partial charge < -0.3 is 15.1 Å². The van der Waals surface area contributed by atoms with E-state index < -0.39 is 0 Å². The second-order valence-corrected chi connectivity index (χ2v) is 6.17. The van der Waals surface area contributed by atoms with Crippen LogP contribution >= 0.6 is 0 Å². The molecule has 0 aromatic heterocycles. The van der Waals surface area contributed by atoms with Gasteiger partial charge in [-0.25, -0.2) is 0 Å². The molecule has 1 aliphatic carbocycles. The smallest absolute Gasteiger partial charge is 0.0109 e. The van der Waals surface area contributed by atoms with Crippen molar-refractivity contribution in [1.29, 1.82) is 0 Å². The average Bonchev–Trinajstić information content (AvgIpc) is 2.57. The van der Waals surface area contributed by atoms with Crippen LogP contribution in [0.25, 0.3) is 0 Å². The van der Waals surface area contributed by atoms with E-state index in [-0.39, 0.29) is 0 Å². The Labute approximate surface area is 113 Å². The van der Waals surface area contributed by atoms with Crippen molar-refractivity contribution in [2.75, 3.05) is 46.3 Å². The van der Waals surface area contributed by atoms with Gasteiger partial charge in [0.2, 0.25) is 0 Å². The van der Waals surface area contributed by atoms with Crippen LogP contribution in [-0.4, -0.2) is 62.2 Å². The lowest BCUT2D eigenvalue weighted by molar-refractivity contribution is 0.172. The maximum Gasteiger partial charge on any atom is 0.0109 e. The van der Waals surface area contributed by atoms with E-state index in [0.29, 0.717) is 0 Å². The number of hydrogen-bond donors (Lipinski definition) is 1. The predicted octanol–water partition coefficient (Wildman–Crippen LogP) is 1.79. The molecule has 1 aliphatic heterocycles. The first-order chi connectivity index (χ1) is 8.79. The zero-order chi connectivity index (χ0) is 12.8. The Kier molecular flexibility index (Phi) is 5.93. The average molecular weight is 253 g/mol. The normalized spacial score (nSPS) is 32.3. The second-order valence-electron chi connectivity index (χ2n) is 6.17. The van der Waals surface area contributed by atoms with Crippen LogP contribution in [0.1, 0.15) is 39.0 Å². The first-order valence-corrected chi connectivity index (χ1v) is 7.94. The summed E-state index contributed by atoms with van der Waals surface area (Å²) in [5.41, 5.74) is 0. The maximum atomic E-state index is 3.71. The Morgan fingerprint density at radius 2 is 1.83 bits per heavy atom. The van der Waals surface area contributed by atoms with Crippen molar-refractivity contribution in [2.45, 2.75) is 45.1 Å². The van der Waals surface area contributed by atoms with Gasteiger partial charge in [0.15, 0.2) is 0 Å². The summed E-state index contributed by atoms with van der Waals surface area (Å²) in [5, 5.41) is 3.71. The van der Waals surface area contributed by atoms with Crippen molar-refractivity contribution in [2.24, 2.45) is 5.92 Å². The fraction of sp³-hybridized carbons (Fsp3) is 1.00. The molecule has 3 heteroatoms. The van der Waals surface area contributed by atoms with E-state index >= 15 is 0 Å². The van der Waals surface area contributed by atoms with E-state index in [0.717, 1.165) is 18.5 Å². The molecule has 2 fully saturated rings. The van der Waals surface area contributed by atoms with E-state index in [1.165, 1.54) is 64.8 Å². The van der Waals surface area contributed by atoms with Crippen molar-refractivity contribution in [3.8, 4) is 0 Å². The van der Waals surface area contributed by atoms with Crippen molar-refractivity contribution in [3.05, 3.63) is 0 Å². The third-order valence-electron chi connectivity index (χ3n) is 4.68. The van der Waals surface area contributed by atoms with Crippen LogP contribution in [0.2, 0.25) is 0 Å². The van der Waals surface area contributed by atoms with E-state index in [2.05, 4.69) is 29.1 Å². The molecular weight excluding hydrogens is 222 g/mol. The van der Waals surface area contributed by atoms with Gasteiger partial charge in [-0.3, -0.25) is 0 Å². The van der Waals surface area contributed by atoms with Crippen LogP contribution in [0.4, 0.5) is 0 Å². The molecule has 0 amide bonds. The van der Waals surface area contributed by atoms with E-state index in [1.54, 1.807) is 0 Å². The molecule has 1 N–H and O–H groups in total. The number of hydrogen-bond acceptors (Lipinski definition) is 3. The summed E-state index contributed by atoms with van der Waals surface area (Å²) in [7, 11) is 2.26. The van der Waals surface area contributed by atoms with Crippen molar-refractivity contribution in [1.82, 2.24) is 15.1 Å². The molecule has 1 heterocycles. The van der Waals surface area contributed by atoms with Gasteiger partial charge in [-0.05, 0) is 51.9 Å². The Balaban J connectivity index is 1.82. The SMILES string of the molecule is CCNC1CCCCC1CN1CCCN(C)CC1. The van der Waals surface area contributed by atoms with E-state index in [1.807, 2.05) is 0 Å². The van der Waals surface area contributed by atoms with Crippen molar-refractivity contribution >= 4 is 0 Å². The summed E-state index contributed by atoms with van der Waals surface area (Å²) < 4.78 is 0. The van der Waals surface area contributed by atoms with Gasteiger partial charge in [0.1, 0.15) is 0 Å². The molecule has 0 bridgehead atoms. The first-order valence-electron chi connectivity index (χ1n) is 7.94. The summed E-state index contributed by atoms with van der Waals surface area (Å²) in [4.78, 5) is 5.19. The molecule has 2 unspecified atom stereocenters. The summed E-state index contributed by atoms with van der Waals surface area (Å²) >= 11 is 0. The van der Waals surface area contributed by atoms with E-state index in [9.17, 15) is 0 Å². The topological polar surface area (TPSA) is 18.5 Å². The van der Waals surface area contributed by atoms with Crippen LogP contribution in [0.15, 0.2) is 0 Å². The molecule has 1 saturated carbocycles. The minimum Gasteiger partial charge on any atom is -0.314 e. The fourth-order valence-electron chi connectivity index (χ4n) is 3.57. The summed E-state index contributed by atoms with van der Waals surface area (Å²) in [5.74, 6) is 0.891. The summed E-state index contributed by atoms with van der Waals surface area (Å²) in [6.07, 6.45) is 7.04. The fourth-order valence-corrected chi connectivity index (χ4v) is 3.57. The lowest BCUT2D eigenvalue weighted by Gasteiger charge is -2.35. The standard InChI is InChI=1S/C15H31N3/c1-3-16-15-8-5-4-7-14(15)13-18-10-6-9-17(2)11-12-18/h14-16H,3-13H2,1-2H3. The molecule has 0 aromatic rings. The molecule has 0 spiro atoms. The van der Waals surface area contributed by atoms with Crippen LogP contribution in [0.3, 0.4) is 0 Å². The highest BCUT2D eigenvalue weighted by atomic mass is 15.2. The van der Waals surface area contributed by atoms with Gasteiger partial charge in [-0.2, -0.15) is 0 Å². The molecule has 18 heavy (non-hydrogen) atoms. The highest BCUT2D eigenvalue weighted by Gasteiger charge is 2.26. The van der Waals surface area contributed by atoms with Gasteiger partial charge in [0, 0.05) is 25.7 Å². The zero-order valence-corrected chi connectivity index (χ0v) is 12.3.